The summed E-state index contributed by atoms with van der Waals surface area (Å²) in [6.45, 7) is 0. The predicted octanol–water partition coefficient (Wildman–Crippen LogP) is 2.78. The minimum Gasteiger partial charge on any atom is -0.691 e. The van der Waals surface area contributed by atoms with Gasteiger partial charge in [0.15, 0.2) is 5.69 Å². The van der Waals surface area contributed by atoms with E-state index < -0.39 is 11.7 Å². The Morgan fingerprint density at radius 2 is 1.94 bits per heavy atom. The molecule has 1 rings (SSSR count). The van der Waals surface area contributed by atoms with E-state index in [-0.39, 0.29) is 10.5 Å². The van der Waals surface area contributed by atoms with Gasteiger partial charge in [-0.05, 0) is 18.2 Å². The third-order valence-electron chi connectivity index (χ3n) is 1.65. The van der Waals surface area contributed by atoms with Gasteiger partial charge in [-0.25, -0.2) is 0 Å². The summed E-state index contributed by atoms with van der Waals surface area (Å²) in [4.78, 5) is 0.134. The molecule has 0 aliphatic carbocycles. The smallest absolute Gasteiger partial charge is 0.416 e. The first-order valence-corrected chi connectivity index (χ1v) is 4.34. The highest BCUT2D eigenvalue weighted by atomic mass is 19.4. The fourth-order valence-corrected chi connectivity index (χ4v) is 1.02. The van der Waals surface area contributed by atoms with Crippen molar-refractivity contribution in [3.63, 3.8) is 0 Å². The first-order chi connectivity index (χ1) is 7.30. The molecule has 0 heterocycles. The van der Waals surface area contributed by atoms with Crippen molar-refractivity contribution in [1.82, 2.24) is 5.01 Å². The van der Waals surface area contributed by atoms with Gasteiger partial charge in [-0.3, -0.25) is 0 Å². The Hall–Kier alpha value is -1.79. The second kappa shape index (κ2) is 4.38. The normalized spacial score (nSPS) is 12.7. The molecule has 0 aliphatic rings. The van der Waals surface area contributed by atoms with Gasteiger partial charge in [0, 0.05) is 0 Å². The first-order valence-electron chi connectivity index (χ1n) is 4.34. The zero-order valence-electron chi connectivity index (χ0n) is 8.69. The van der Waals surface area contributed by atoms with Crippen LogP contribution in [0.3, 0.4) is 0 Å². The largest absolute Gasteiger partial charge is 0.691 e. The molecule has 0 radical (unpaired) electrons. The molecular formula is C9H10F3N3O. The number of halogens is 3. The van der Waals surface area contributed by atoms with Crippen LogP contribution < -0.4 is 0 Å². The van der Waals surface area contributed by atoms with Gasteiger partial charge in [0.1, 0.15) is 0 Å². The van der Waals surface area contributed by atoms with Crippen LogP contribution in [0.15, 0.2) is 29.5 Å². The second-order valence-electron chi connectivity index (χ2n) is 3.26. The maximum absolute atomic E-state index is 12.3. The maximum Gasteiger partial charge on any atom is 0.416 e. The molecule has 0 amide bonds. The molecule has 1 aromatic carbocycles. The Morgan fingerprint density at radius 1 is 1.31 bits per heavy atom. The molecule has 0 saturated heterocycles. The van der Waals surface area contributed by atoms with Gasteiger partial charge in [-0.2, -0.15) is 18.2 Å². The van der Waals surface area contributed by atoms with Crippen LogP contribution in [0, 0.1) is 5.21 Å². The minimum absolute atomic E-state index is 0.134. The average molecular weight is 233 g/mol. The maximum atomic E-state index is 12.3. The van der Waals surface area contributed by atoms with Crippen molar-refractivity contribution in [2.75, 3.05) is 14.1 Å². The van der Waals surface area contributed by atoms with Gasteiger partial charge in [-0.15, -0.1) is 4.86 Å². The number of benzene rings is 1. The SMILES string of the molecule is CN(C)/N=[N+](\[O-])c1cccc(C(F)(F)F)c1. The molecule has 0 bridgehead atoms. The van der Waals surface area contributed by atoms with Crippen molar-refractivity contribution >= 4 is 5.69 Å². The van der Waals surface area contributed by atoms with Crippen LogP contribution in [0.4, 0.5) is 18.9 Å². The van der Waals surface area contributed by atoms with Gasteiger partial charge in [0.05, 0.1) is 24.9 Å². The van der Waals surface area contributed by atoms with Crippen LogP contribution in [0.5, 0.6) is 0 Å². The summed E-state index contributed by atoms with van der Waals surface area (Å²) in [5, 5.41) is 15.9. The predicted molar refractivity (Wildman–Crippen MR) is 50.8 cm³/mol. The summed E-state index contributed by atoms with van der Waals surface area (Å²) in [6, 6.07) is 4.07. The first kappa shape index (κ1) is 12.3. The minimum atomic E-state index is -4.46. The van der Waals surface area contributed by atoms with Gasteiger partial charge in [0.2, 0.25) is 0 Å². The van der Waals surface area contributed by atoms with Crippen molar-refractivity contribution in [1.29, 1.82) is 0 Å². The third-order valence-corrected chi connectivity index (χ3v) is 1.65. The molecule has 1 aromatic rings. The number of rotatable bonds is 2. The lowest BCUT2D eigenvalue weighted by Crippen LogP contribution is -2.08. The Kier molecular flexibility index (Phi) is 3.36. The molecule has 88 valence electrons. The van der Waals surface area contributed by atoms with E-state index in [0.717, 1.165) is 18.2 Å². The van der Waals surface area contributed by atoms with E-state index in [4.69, 9.17) is 0 Å². The molecule has 4 nitrogen and oxygen atoms in total. The van der Waals surface area contributed by atoms with Crippen LogP contribution >= 0.6 is 0 Å². The van der Waals surface area contributed by atoms with Crippen molar-refractivity contribution in [2.45, 2.75) is 6.18 Å². The van der Waals surface area contributed by atoms with Crippen molar-refractivity contribution in [3.8, 4) is 0 Å². The fourth-order valence-electron chi connectivity index (χ4n) is 1.02. The van der Waals surface area contributed by atoms with Gasteiger partial charge in [-0.1, -0.05) is 6.07 Å². The molecule has 7 heteroatoms. The van der Waals surface area contributed by atoms with Gasteiger partial charge in [0.25, 0.3) is 0 Å². The van der Waals surface area contributed by atoms with E-state index in [1.807, 2.05) is 0 Å². The Morgan fingerprint density at radius 3 is 2.44 bits per heavy atom. The van der Waals surface area contributed by atoms with Crippen molar-refractivity contribution in [3.05, 3.63) is 35.0 Å². The van der Waals surface area contributed by atoms with Gasteiger partial charge >= 0.3 is 6.18 Å². The molecule has 0 saturated carbocycles. The summed E-state index contributed by atoms with van der Waals surface area (Å²) >= 11 is 0. The van der Waals surface area contributed by atoms with Crippen molar-refractivity contribution < 1.29 is 18.0 Å². The lowest BCUT2D eigenvalue weighted by molar-refractivity contribution is -0.459. The number of nitrogens with zero attached hydrogens (tertiary/aromatic N) is 3. The summed E-state index contributed by atoms with van der Waals surface area (Å²) in [5.41, 5.74) is -1.04. The molecule has 0 aromatic heterocycles. The monoisotopic (exact) mass is 233 g/mol. The molecule has 0 atom stereocenters. The van der Waals surface area contributed by atoms with Crippen LogP contribution in [-0.4, -0.2) is 24.0 Å². The number of hydrogen-bond acceptors (Lipinski definition) is 2. The van der Waals surface area contributed by atoms with Crippen LogP contribution in [0.2, 0.25) is 0 Å². The molecular weight excluding hydrogens is 223 g/mol. The second-order valence-corrected chi connectivity index (χ2v) is 3.26. The summed E-state index contributed by atoms with van der Waals surface area (Å²) in [6.07, 6.45) is -4.46. The average Bonchev–Trinajstić information content (AvgIpc) is 2.15. The molecule has 16 heavy (non-hydrogen) atoms. The van der Waals surface area contributed by atoms with E-state index in [9.17, 15) is 18.4 Å². The van der Waals surface area contributed by atoms with Crippen molar-refractivity contribution in [2.24, 2.45) is 5.22 Å². The molecule has 0 fully saturated rings. The van der Waals surface area contributed by atoms with E-state index in [1.54, 1.807) is 0 Å². The summed E-state index contributed by atoms with van der Waals surface area (Å²) in [5.74, 6) is 0. The molecule has 0 spiro atoms. The topological polar surface area (TPSA) is 41.7 Å². The van der Waals surface area contributed by atoms with E-state index in [0.29, 0.717) is 0 Å². The Bertz CT molecular complexity index is 401. The molecule has 0 aliphatic heterocycles. The standard InChI is InChI=1S/C9H10F3N3O/c1-14(2)13-15(16)8-5-3-4-7(6-8)9(10,11)12/h3-6H,1-2H3/b15-13-. The van der Waals surface area contributed by atoms with Gasteiger partial charge < -0.3 is 5.21 Å². The number of hydrogen-bond donors (Lipinski definition) is 0. The lowest BCUT2D eigenvalue weighted by atomic mass is 10.2. The van der Waals surface area contributed by atoms with E-state index in [1.165, 1.54) is 25.2 Å². The highest BCUT2D eigenvalue weighted by Gasteiger charge is 2.30. The van der Waals surface area contributed by atoms with E-state index >= 15 is 0 Å². The number of alkyl halides is 3. The molecule has 0 unspecified atom stereocenters. The zero-order chi connectivity index (χ0) is 12.3. The summed E-state index contributed by atoms with van der Waals surface area (Å²) in [7, 11) is 3.00. The molecule has 0 N–H and O–H groups in total. The fraction of sp³-hybridized carbons (Fsp3) is 0.333. The summed E-state index contributed by atoms with van der Waals surface area (Å²) < 4.78 is 37.0. The highest BCUT2D eigenvalue weighted by molar-refractivity contribution is 5.35. The highest BCUT2D eigenvalue weighted by Crippen LogP contribution is 2.31. The zero-order valence-corrected chi connectivity index (χ0v) is 8.69. The van der Waals surface area contributed by atoms with Crippen LogP contribution in [0.1, 0.15) is 5.56 Å². The Labute approximate surface area is 90.2 Å². The van der Waals surface area contributed by atoms with E-state index in [2.05, 4.69) is 5.22 Å². The van der Waals surface area contributed by atoms with Crippen LogP contribution in [-0.2, 0) is 6.18 Å². The van der Waals surface area contributed by atoms with Crippen LogP contribution in [0.25, 0.3) is 0 Å². The lowest BCUT2D eigenvalue weighted by Gasteiger charge is -2.10. The quantitative estimate of drug-likeness (QED) is 0.447. The Balaban J connectivity index is 3.09. The third kappa shape index (κ3) is 3.11.